The molecule has 0 bridgehead atoms. The molecule has 0 aliphatic carbocycles. The summed E-state index contributed by atoms with van der Waals surface area (Å²) in [7, 11) is 0. The van der Waals surface area contributed by atoms with Gasteiger partial charge in [-0.2, -0.15) is 0 Å². The van der Waals surface area contributed by atoms with Crippen molar-refractivity contribution < 1.29 is 23.5 Å². The third-order valence-electron chi connectivity index (χ3n) is 3.45. The molecule has 25 heavy (non-hydrogen) atoms. The van der Waals surface area contributed by atoms with E-state index in [1.165, 1.54) is 36.5 Å². The van der Waals surface area contributed by atoms with Crippen LogP contribution in [0.2, 0.25) is 0 Å². The van der Waals surface area contributed by atoms with Gasteiger partial charge >= 0.3 is 11.9 Å². The molecule has 0 aromatic carbocycles. The number of rotatable bonds is 6. The maximum absolute atomic E-state index is 11.3. The van der Waals surface area contributed by atoms with Crippen molar-refractivity contribution in [2.24, 2.45) is 0 Å². The first-order valence-electron chi connectivity index (χ1n) is 7.55. The Morgan fingerprint density at radius 1 is 0.880 bits per heavy atom. The molecule has 3 heterocycles. The fraction of sp³-hybridized carbons (Fsp3) is 0.222. The van der Waals surface area contributed by atoms with Gasteiger partial charge in [-0.25, -0.2) is 0 Å². The van der Waals surface area contributed by atoms with Crippen molar-refractivity contribution in [2.75, 3.05) is 0 Å². The lowest BCUT2D eigenvalue weighted by molar-refractivity contribution is -0.143. The summed E-state index contributed by atoms with van der Waals surface area (Å²) in [6.45, 7) is 2.84. The van der Waals surface area contributed by atoms with Gasteiger partial charge in [0.25, 0.3) is 0 Å². The Kier molecular flexibility index (Phi) is 5.35. The highest BCUT2D eigenvalue weighted by atomic mass is 32.1. The lowest BCUT2D eigenvalue weighted by Gasteiger charge is -2.07. The van der Waals surface area contributed by atoms with Crippen LogP contribution >= 0.6 is 22.7 Å². The van der Waals surface area contributed by atoms with Crippen molar-refractivity contribution in [1.82, 2.24) is 0 Å². The molecule has 3 rings (SSSR count). The number of carbonyl (C=O) groups excluding carboxylic acids is 2. The SMILES string of the molecule is CC(=O)OCc1c(-c2cccs2)oc(-c2cccs2)c1COC(C)=O. The zero-order chi connectivity index (χ0) is 17.8. The van der Waals surface area contributed by atoms with Crippen LogP contribution in [0.1, 0.15) is 25.0 Å². The molecule has 0 saturated carbocycles. The fourth-order valence-electron chi connectivity index (χ4n) is 2.37. The van der Waals surface area contributed by atoms with Crippen molar-refractivity contribution in [1.29, 1.82) is 0 Å². The zero-order valence-electron chi connectivity index (χ0n) is 13.7. The summed E-state index contributed by atoms with van der Waals surface area (Å²) in [5, 5.41) is 3.90. The Morgan fingerprint density at radius 2 is 1.32 bits per heavy atom. The molecule has 7 heteroatoms. The van der Waals surface area contributed by atoms with E-state index >= 15 is 0 Å². The maximum atomic E-state index is 11.3. The number of thiophene rings is 2. The maximum Gasteiger partial charge on any atom is 0.302 e. The number of ether oxygens (including phenoxy) is 2. The van der Waals surface area contributed by atoms with Crippen LogP contribution in [-0.2, 0) is 32.3 Å². The molecule has 0 aliphatic rings. The molecule has 0 saturated heterocycles. The quantitative estimate of drug-likeness (QED) is 0.575. The Balaban J connectivity index is 2.12. The summed E-state index contributed by atoms with van der Waals surface area (Å²) in [5.74, 6) is 0.521. The molecule has 0 unspecified atom stereocenters. The first kappa shape index (κ1) is 17.4. The molecule has 0 amide bonds. The van der Waals surface area contributed by atoms with E-state index in [-0.39, 0.29) is 25.2 Å². The van der Waals surface area contributed by atoms with Gasteiger partial charge in [-0.05, 0) is 22.9 Å². The second kappa shape index (κ2) is 7.67. The van der Waals surface area contributed by atoms with Gasteiger partial charge in [0.2, 0.25) is 0 Å². The number of furan rings is 1. The molecular formula is C18H16O5S2. The first-order valence-corrected chi connectivity index (χ1v) is 9.31. The van der Waals surface area contributed by atoms with E-state index in [9.17, 15) is 9.59 Å². The molecule has 0 aliphatic heterocycles. The van der Waals surface area contributed by atoms with E-state index in [0.29, 0.717) is 11.5 Å². The van der Waals surface area contributed by atoms with Crippen molar-refractivity contribution in [3.8, 4) is 21.3 Å². The van der Waals surface area contributed by atoms with Crippen molar-refractivity contribution in [3.63, 3.8) is 0 Å². The third kappa shape index (κ3) is 4.00. The lowest BCUT2D eigenvalue weighted by Crippen LogP contribution is -2.05. The average molecular weight is 376 g/mol. The normalized spacial score (nSPS) is 10.6. The Hall–Kier alpha value is -2.38. The predicted octanol–water partition coefficient (Wildman–Crippen LogP) is 4.86. The monoisotopic (exact) mass is 376 g/mol. The molecule has 3 aromatic rings. The predicted molar refractivity (Wildman–Crippen MR) is 96.3 cm³/mol. The first-order chi connectivity index (χ1) is 12.1. The second-order valence-corrected chi connectivity index (χ2v) is 7.13. The smallest absolute Gasteiger partial charge is 0.302 e. The summed E-state index contributed by atoms with van der Waals surface area (Å²) in [5.41, 5.74) is 1.45. The Labute approximate surface area is 152 Å². The van der Waals surface area contributed by atoms with E-state index < -0.39 is 0 Å². The summed E-state index contributed by atoms with van der Waals surface area (Å²) in [6.07, 6.45) is 0. The molecule has 0 fully saturated rings. The third-order valence-corrected chi connectivity index (χ3v) is 5.18. The molecule has 5 nitrogen and oxygen atoms in total. The van der Waals surface area contributed by atoms with E-state index in [4.69, 9.17) is 13.9 Å². The van der Waals surface area contributed by atoms with Crippen LogP contribution in [0, 0.1) is 0 Å². The van der Waals surface area contributed by atoms with E-state index in [2.05, 4.69) is 0 Å². The summed E-state index contributed by atoms with van der Waals surface area (Å²) in [6, 6.07) is 7.73. The minimum atomic E-state index is -0.380. The number of hydrogen-bond acceptors (Lipinski definition) is 7. The Morgan fingerprint density at radius 3 is 1.64 bits per heavy atom. The topological polar surface area (TPSA) is 65.7 Å². The van der Waals surface area contributed by atoms with Crippen LogP contribution in [0.4, 0.5) is 0 Å². The average Bonchev–Trinajstić information content (AvgIpc) is 3.29. The molecule has 0 radical (unpaired) electrons. The highest BCUT2D eigenvalue weighted by molar-refractivity contribution is 7.13. The van der Waals surface area contributed by atoms with Gasteiger partial charge in [-0.15, -0.1) is 22.7 Å². The summed E-state index contributed by atoms with van der Waals surface area (Å²) >= 11 is 3.06. The molecule has 0 N–H and O–H groups in total. The van der Waals surface area contributed by atoms with Gasteiger partial charge in [0, 0.05) is 25.0 Å². The van der Waals surface area contributed by atoms with Gasteiger partial charge < -0.3 is 13.9 Å². The number of carbonyl (C=O) groups is 2. The second-order valence-electron chi connectivity index (χ2n) is 5.23. The van der Waals surface area contributed by atoms with Crippen molar-refractivity contribution >= 4 is 34.6 Å². The minimum absolute atomic E-state index is 0.0635. The van der Waals surface area contributed by atoms with Crippen LogP contribution < -0.4 is 0 Å². The van der Waals surface area contributed by atoms with Gasteiger partial charge in [0.1, 0.15) is 13.2 Å². The number of hydrogen-bond donors (Lipinski definition) is 0. The lowest BCUT2D eigenvalue weighted by atomic mass is 10.1. The van der Waals surface area contributed by atoms with Crippen LogP contribution in [0.5, 0.6) is 0 Å². The van der Waals surface area contributed by atoms with Crippen LogP contribution in [-0.4, -0.2) is 11.9 Å². The van der Waals surface area contributed by atoms with Gasteiger partial charge in [0.05, 0.1) is 9.75 Å². The highest BCUT2D eigenvalue weighted by Gasteiger charge is 2.25. The fourth-order valence-corrected chi connectivity index (χ4v) is 3.83. The molecule has 0 atom stereocenters. The minimum Gasteiger partial charge on any atom is -0.461 e. The highest BCUT2D eigenvalue weighted by Crippen LogP contribution is 2.41. The van der Waals surface area contributed by atoms with Crippen molar-refractivity contribution in [2.45, 2.75) is 27.1 Å². The molecular weight excluding hydrogens is 360 g/mol. The summed E-state index contributed by atoms with van der Waals surface area (Å²) < 4.78 is 16.6. The van der Waals surface area contributed by atoms with Gasteiger partial charge in [-0.1, -0.05) is 12.1 Å². The van der Waals surface area contributed by atoms with Crippen LogP contribution in [0.15, 0.2) is 39.4 Å². The molecule has 3 aromatic heterocycles. The number of esters is 2. The summed E-state index contributed by atoms with van der Waals surface area (Å²) in [4.78, 5) is 24.4. The molecule has 0 spiro atoms. The van der Waals surface area contributed by atoms with Gasteiger partial charge in [0.15, 0.2) is 11.5 Å². The van der Waals surface area contributed by atoms with E-state index in [1.807, 2.05) is 35.0 Å². The van der Waals surface area contributed by atoms with E-state index in [1.54, 1.807) is 0 Å². The zero-order valence-corrected chi connectivity index (χ0v) is 15.4. The van der Waals surface area contributed by atoms with Crippen LogP contribution in [0.3, 0.4) is 0 Å². The van der Waals surface area contributed by atoms with Crippen molar-refractivity contribution in [3.05, 3.63) is 46.2 Å². The van der Waals surface area contributed by atoms with Crippen LogP contribution in [0.25, 0.3) is 21.3 Å². The largest absolute Gasteiger partial charge is 0.461 e. The standard InChI is InChI=1S/C18H16O5S2/c1-11(19)21-9-13-14(10-22-12(2)20)18(16-6-4-8-25-16)23-17(13)15-5-3-7-24-15/h3-8H,9-10H2,1-2H3. The van der Waals surface area contributed by atoms with Gasteiger partial charge in [-0.3, -0.25) is 9.59 Å². The Bertz CT molecular complexity index is 789. The molecule has 130 valence electrons. The van der Waals surface area contributed by atoms with E-state index in [0.717, 1.165) is 20.9 Å².